The Bertz CT molecular complexity index is 1240. The maximum Gasteiger partial charge on any atom is 0.266 e. The SMILES string of the molecule is CCCCN(C(=O)C1CCCCC1)C(CC)c1nc2ccccc2c(=O)n1-c1ccc(C)c(C)c1. The lowest BCUT2D eigenvalue weighted by Gasteiger charge is -2.36. The Morgan fingerprint density at radius 2 is 1.80 bits per heavy atom. The van der Waals surface area contributed by atoms with Gasteiger partial charge in [0, 0.05) is 12.5 Å². The summed E-state index contributed by atoms with van der Waals surface area (Å²) in [6.45, 7) is 9.09. The van der Waals surface area contributed by atoms with Crippen LogP contribution in [-0.2, 0) is 4.79 Å². The molecule has 186 valence electrons. The predicted octanol–water partition coefficient (Wildman–Crippen LogP) is 6.66. The lowest BCUT2D eigenvalue weighted by atomic mass is 9.87. The molecule has 2 aromatic carbocycles. The summed E-state index contributed by atoms with van der Waals surface area (Å²) in [4.78, 5) is 34.9. The highest BCUT2D eigenvalue weighted by molar-refractivity contribution is 5.80. The van der Waals surface area contributed by atoms with Crippen LogP contribution in [0, 0.1) is 19.8 Å². The first kappa shape index (κ1) is 25.2. The summed E-state index contributed by atoms with van der Waals surface area (Å²) in [6, 6.07) is 13.4. The van der Waals surface area contributed by atoms with Crippen molar-refractivity contribution in [1.82, 2.24) is 14.5 Å². The van der Waals surface area contributed by atoms with Crippen LogP contribution in [0.1, 0.15) is 88.2 Å². The molecule has 1 amide bonds. The number of rotatable bonds is 8. The average molecular weight is 474 g/mol. The van der Waals surface area contributed by atoms with Crippen molar-refractivity contribution in [2.75, 3.05) is 6.54 Å². The van der Waals surface area contributed by atoms with Crippen LogP contribution >= 0.6 is 0 Å². The van der Waals surface area contributed by atoms with Gasteiger partial charge in [0.2, 0.25) is 5.91 Å². The van der Waals surface area contributed by atoms with Crippen LogP contribution in [0.3, 0.4) is 0 Å². The van der Waals surface area contributed by atoms with Gasteiger partial charge in [-0.2, -0.15) is 0 Å². The summed E-state index contributed by atoms with van der Waals surface area (Å²) in [5.41, 5.74) is 3.73. The number of unbranched alkanes of at least 4 members (excludes halogenated alkanes) is 1. The van der Waals surface area contributed by atoms with Crippen LogP contribution in [0.2, 0.25) is 0 Å². The number of nitrogens with zero attached hydrogens (tertiary/aromatic N) is 3. The van der Waals surface area contributed by atoms with Crippen molar-refractivity contribution in [3.05, 3.63) is 69.8 Å². The summed E-state index contributed by atoms with van der Waals surface area (Å²) in [7, 11) is 0. The number of benzene rings is 2. The van der Waals surface area contributed by atoms with Crippen molar-refractivity contribution in [1.29, 1.82) is 0 Å². The number of aryl methyl sites for hydroxylation is 2. The Hall–Kier alpha value is -2.95. The minimum atomic E-state index is -0.255. The summed E-state index contributed by atoms with van der Waals surface area (Å²) in [5, 5.41) is 0.600. The second-order valence-electron chi connectivity index (χ2n) is 10.0. The van der Waals surface area contributed by atoms with E-state index in [9.17, 15) is 9.59 Å². The fraction of sp³-hybridized carbons (Fsp3) is 0.500. The van der Waals surface area contributed by atoms with Crippen molar-refractivity contribution in [2.24, 2.45) is 5.92 Å². The average Bonchev–Trinajstić information content (AvgIpc) is 2.88. The van der Waals surface area contributed by atoms with Gasteiger partial charge in [-0.25, -0.2) is 4.98 Å². The third kappa shape index (κ3) is 5.19. The van der Waals surface area contributed by atoms with E-state index in [1.54, 1.807) is 4.57 Å². The van der Waals surface area contributed by atoms with Crippen molar-refractivity contribution < 1.29 is 4.79 Å². The van der Waals surface area contributed by atoms with Crippen molar-refractivity contribution in [3.8, 4) is 5.69 Å². The molecule has 1 aliphatic rings. The number of carbonyl (C=O) groups excluding carboxylic acids is 1. The number of hydrogen-bond donors (Lipinski definition) is 0. The van der Waals surface area contributed by atoms with E-state index in [4.69, 9.17) is 4.98 Å². The van der Waals surface area contributed by atoms with Gasteiger partial charge in [-0.3, -0.25) is 14.2 Å². The van der Waals surface area contributed by atoms with Gasteiger partial charge in [-0.05, 0) is 74.9 Å². The maximum absolute atomic E-state index is 13.9. The van der Waals surface area contributed by atoms with Gasteiger partial charge >= 0.3 is 0 Å². The Morgan fingerprint density at radius 1 is 1.06 bits per heavy atom. The number of fused-ring (bicyclic) bond motifs is 1. The summed E-state index contributed by atoms with van der Waals surface area (Å²) < 4.78 is 1.76. The zero-order valence-electron chi connectivity index (χ0n) is 21.7. The standard InChI is InChI=1S/C30H39N3O2/c1-5-7-19-32(29(34)23-13-9-8-10-14-23)27(6-2)28-31-26-16-12-11-15-25(26)30(35)33(28)24-18-17-21(3)22(4)20-24/h11-12,15-18,20,23,27H,5-10,13-14,19H2,1-4H3. The Kier molecular flexibility index (Phi) is 8.04. The van der Waals surface area contributed by atoms with E-state index in [0.29, 0.717) is 29.7 Å². The van der Waals surface area contributed by atoms with Crippen LogP contribution in [0.5, 0.6) is 0 Å². The monoisotopic (exact) mass is 473 g/mol. The van der Waals surface area contributed by atoms with Crippen molar-refractivity contribution in [3.63, 3.8) is 0 Å². The summed E-state index contributed by atoms with van der Waals surface area (Å²) in [6.07, 6.45) is 8.05. The second kappa shape index (κ2) is 11.2. The van der Waals surface area contributed by atoms with Gasteiger partial charge in [0.15, 0.2) is 0 Å². The molecule has 1 fully saturated rings. The van der Waals surface area contributed by atoms with Gasteiger partial charge in [0.1, 0.15) is 5.82 Å². The zero-order valence-corrected chi connectivity index (χ0v) is 21.7. The van der Waals surface area contributed by atoms with Crippen molar-refractivity contribution >= 4 is 16.8 Å². The molecule has 0 saturated heterocycles. The van der Waals surface area contributed by atoms with E-state index in [0.717, 1.165) is 49.8 Å². The maximum atomic E-state index is 13.9. The Labute approximate surface area is 209 Å². The first-order valence-electron chi connectivity index (χ1n) is 13.4. The molecule has 0 radical (unpaired) electrons. The first-order chi connectivity index (χ1) is 17.0. The fourth-order valence-electron chi connectivity index (χ4n) is 5.36. The number of amides is 1. The van der Waals surface area contributed by atoms with Gasteiger partial charge in [-0.1, -0.05) is 57.7 Å². The molecule has 0 bridgehead atoms. The molecular weight excluding hydrogens is 434 g/mol. The summed E-state index contributed by atoms with van der Waals surface area (Å²) >= 11 is 0. The molecule has 5 nitrogen and oxygen atoms in total. The van der Waals surface area contributed by atoms with E-state index in [1.807, 2.05) is 35.2 Å². The van der Waals surface area contributed by atoms with E-state index in [2.05, 4.69) is 39.8 Å². The van der Waals surface area contributed by atoms with Gasteiger partial charge < -0.3 is 4.90 Å². The molecule has 1 saturated carbocycles. The predicted molar refractivity (Wildman–Crippen MR) is 143 cm³/mol. The molecule has 4 rings (SSSR count). The second-order valence-corrected chi connectivity index (χ2v) is 10.0. The van der Waals surface area contributed by atoms with Gasteiger partial charge in [-0.15, -0.1) is 0 Å². The smallest absolute Gasteiger partial charge is 0.266 e. The molecule has 0 N–H and O–H groups in total. The van der Waals surface area contributed by atoms with E-state index >= 15 is 0 Å². The van der Waals surface area contributed by atoms with Gasteiger partial charge in [0.25, 0.3) is 5.56 Å². The molecule has 0 spiro atoms. The third-order valence-corrected chi connectivity index (χ3v) is 7.60. The zero-order chi connectivity index (χ0) is 24.9. The number of hydrogen-bond acceptors (Lipinski definition) is 3. The highest BCUT2D eigenvalue weighted by atomic mass is 16.2. The Balaban J connectivity index is 1.90. The molecule has 5 heteroatoms. The minimum absolute atomic E-state index is 0.0761. The highest BCUT2D eigenvalue weighted by Gasteiger charge is 2.33. The molecule has 0 aliphatic heterocycles. The van der Waals surface area contributed by atoms with Crippen LogP contribution in [0.25, 0.3) is 16.6 Å². The number of aromatic nitrogens is 2. The molecule has 35 heavy (non-hydrogen) atoms. The quantitative estimate of drug-likeness (QED) is 0.367. The lowest BCUT2D eigenvalue weighted by Crippen LogP contribution is -2.42. The van der Waals surface area contributed by atoms with Crippen molar-refractivity contribution in [2.45, 2.75) is 85.1 Å². The third-order valence-electron chi connectivity index (χ3n) is 7.60. The summed E-state index contributed by atoms with van der Waals surface area (Å²) in [5.74, 6) is 0.982. The van der Waals surface area contributed by atoms with Crippen LogP contribution in [0.4, 0.5) is 0 Å². The Morgan fingerprint density at radius 3 is 2.49 bits per heavy atom. The molecule has 1 aromatic heterocycles. The van der Waals surface area contributed by atoms with E-state index in [-0.39, 0.29) is 23.4 Å². The number of carbonyl (C=O) groups is 1. The highest BCUT2D eigenvalue weighted by Crippen LogP contribution is 2.32. The molecule has 3 aromatic rings. The first-order valence-corrected chi connectivity index (χ1v) is 13.4. The lowest BCUT2D eigenvalue weighted by molar-refractivity contribution is -0.139. The normalized spacial score (nSPS) is 15.3. The molecule has 1 unspecified atom stereocenters. The molecule has 1 atom stereocenters. The molecule has 1 aliphatic carbocycles. The largest absolute Gasteiger partial charge is 0.332 e. The van der Waals surface area contributed by atoms with Crippen LogP contribution in [-0.4, -0.2) is 26.9 Å². The van der Waals surface area contributed by atoms with Crippen LogP contribution in [0.15, 0.2) is 47.3 Å². The fourth-order valence-corrected chi connectivity index (χ4v) is 5.36. The molecule has 1 heterocycles. The van der Waals surface area contributed by atoms with Gasteiger partial charge in [0.05, 0.1) is 22.6 Å². The molecular formula is C30H39N3O2. The van der Waals surface area contributed by atoms with E-state index < -0.39 is 0 Å². The van der Waals surface area contributed by atoms with Crippen LogP contribution < -0.4 is 5.56 Å². The number of para-hydroxylation sites is 1. The van der Waals surface area contributed by atoms with E-state index in [1.165, 1.54) is 12.0 Å². The topological polar surface area (TPSA) is 55.2 Å². The minimum Gasteiger partial charge on any atom is -0.332 e.